The smallest absolute Gasteiger partial charge is 0.306 e. The summed E-state index contributed by atoms with van der Waals surface area (Å²) in [4.78, 5) is 22.8. The largest absolute Gasteiger partial charge is 0.481 e. The molecule has 1 amide bonds. The molecule has 0 fully saturated rings. The number of carbonyl (C=O) groups excluding carboxylic acids is 1. The first-order valence-electron chi connectivity index (χ1n) is 5.38. The second-order valence-corrected chi connectivity index (χ2v) is 4.44. The number of aromatic nitrogens is 2. The molecule has 0 radical (unpaired) electrons. The number of nitrogens with zero attached hydrogens (tertiary/aromatic N) is 2. The van der Waals surface area contributed by atoms with Crippen molar-refractivity contribution >= 4 is 23.4 Å². The third-order valence-electron chi connectivity index (χ3n) is 2.38. The van der Waals surface area contributed by atoms with Gasteiger partial charge in [-0.2, -0.15) is 0 Å². The predicted octanol–water partition coefficient (Wildman–Crippen LogP) is 0.941. The molecule has 2 N–H and O–H groups in total. The number of rotatable bonds is 6. The van der Waals surface area contributed by atoms with Crippen molar-refractivity contribution in [1.29, 1.82) is 0 Å². The lowest BCUT2D eigenvalue weighted by Crippen LogP contribution is -2.27. The first kappa shape index (κ1) is 13.6. The Balaban J connectivity index is 2.43. The highest BCUT2D eigenvalue weighted by Gasteiger charge is 2.15. The van der Waals surface area contributed by atoms with Gasteiger partial charge in [0.2, 0.25) is 0 Å². The summed E-state index contributed by atoms with van der Waals surface area (Å²) in [5.41, 5.74) is 0.679. The van der Waals surface area contributed by atoms with Crippen molar-refractivity contribution in [1.82, 2.24) is 14.9 Å². The molecule has 6 nitrogen and oxygen atoms in total. The summed E-state index contributed by atoms with van der Waals surface area (Å²) in [7, 11) is 0. The Bertz CT molecular complexity index is 405. The van der Waals surface area contributed by atoms with Gasteiger partial charge in [-0.15, -0.1) is 5.10 Å². The van der Waals surface area contributed by atoms with Crippen molar-refractivity contribution < 1.29 is 14.7 Å². The monoisotopic (exact) mass is 257 g/mol. The summed E-state index contributed by atoms with van der Waals surface area (Å²) in [5.74, 6) is -1.54. The van der Waals surface area contributed by atoms with E-state index in [1.165, 1.54) is 0 Å². The maximum atomic E-state index is 11.7. The minimum atomic E-state index is -0.854. The Morgan fingerprint density at radius 3 is 2.82 bits per heavy atom. The molecule has 0 saturated carbocycles. The summed E-state index contributed by atoms with van der Waals surface area (Å²) in [6, 6.07) is 0. The quantitative estimate of drug-likeness (QED) is 0.791. The topological polar surface area (TPSA) is 92.2 Å². The number of aryl methyl sites for hydroxylation is 1. The zero-order valence-corrected chi connectivity index (χ0v) is 10.6. The number of carbonyl (C=O) groups is 2. The molecule has 0 aliphatic rings. The van der Waals surface area contributed by atoms with E-state index in [0.29, 0.717) is 30.0 Å². The predicted molar refractivity (Wildman–Crippen MR) is 63.0 cm³/mol. The van der Waals surface area contributed by atoms with Crippen molar-refractivity contribution in [3.05, 3.63) is 10.6 Å². The third-order valence-corrected chi connectivity index (χ3v) is 3.15. The number of carboxylic acid groups (broad SMARTS) is 1. The Morgan fingerprint density at radius 1 is 1.53 bits per heavy atom. The van der Waals surface area contributed by atoms with Crippen molar-refractivity contribution in [3.63, 3.8) is 0 Å². The van der Waals surface area contributed by atoms with E-state index in [1.807, 2.05) is 6.92 Å². The van der Waals surface area contributed by atoms with Crippen molar-refractivity contribution in [2.75, 3.05) is 6.54 Å². The van der Waals surface area contributed by atoms with Crippen LogP contribution in [0.2, 0.25) is 0 Å². The lowest BCUT2D eigenvalue weighted by Gasteiger charge is -2.07. The van der Waals surface area contributed by atoms with Crippen LogP contribution in [0.1, 0.15) is 35.6 Å². The van der Waals surface area contributed by atoms with E-state index in [9.17, 15) is 9.59 Å². The number of hydrogen-bond donors (Lipinski definition) is 2. The molecule has 1 heterocycles. The standard InChI is InChI=1S/C10H15N3O3S/c1-3-7-8(17-13-12-7)9(14)11-5-4-6(2)10(15)16/h6H,3-5H2,1-2H3,(H,11,14)(H,15,16). The van der Waals surface area contributed by atoms with Crippen LogP contribution in [0.25, 0.3) is 0 Å². The van der Waals surface area contributed by atoms with Gasteiger partial charge in [0.05, 0.1) is 11.6 Å². The van der Waals surface area contributed by atoms with Crippen LogP contribution in [-0.4, -0.2) is 33.1 Å². The number of amides is 1. The highest BCUT2D eigenvalue weighted by molar-refractivity contribution is 7.08. The maximum Gasteiger partial charge on any atom is 0.306 e. The second-order valence-electron chi connectivity index (χ2n) is 3.69. The minimum Gasteiger partial charge on any atom is -0.481 e. The lowest BCUT2D eigenvalue weighted by atomic mass is 10.1. The summed E-state index contributed by atoms with van der Waals surface area (Å²) in [6.07, 6.45) is 1.07. The Morgan fingerprint density at radius 2 is 2.24 bits per heavy atom. The first-order chi connectivity index (χ1) is 8.06. The SMILES string of the molecule is CCc1nnsc1C(=O)NCCC(C)C(=O)O. The molecule has 0 saturated heterocycles. The molecular formula is C10H15N3O3S. The fourth-order valence-electron chi connectivity index (χ4n) is 1.22. The number of hydrogen-bond acceptors (Lipinski definition) is 5. The van der Waals surface area contributed by atoms with Gasteiger partial charge in [-0.1, -0.05) is 18.3 Å². The zero-order chi connectivity index (χ0) is 12.8. The highest BCUT2D eigenvalue weighted by Crippen LogP contribution is 2.10. The van der Waals surface area contributed by atoms with Crippen LogP contribution < -0.4 is 5.32 Å². The number of nitrogens with one attached hydrogen (secondary N) is 1. The van der Waals surface area contributed by atoms with E-state index in [4.69, 9.17) is 5.11 Å². The molecule has 0 aliphatic carbocycles. The van der Waals surface area contributed by atoms with Gasteiger partial charge in [0, 0.05) is 6.54 Å². The molecule has 17 heavy (non-hydrogen) atoms. The van der Waals surface area contributed by atoms with Gasteiger partial charge >= 0.3 is 5.97 Å². The molecule has 0 spiro atoms. The van der Waals surface area contributed by atoms with Gasteiger partial charge in [0.1, 0.15) is 4.88 Å². The van der Waals surface area contributed by atoms with Gasteiger partial charge in [0.25, 0.3) is 5.91 Å². The average molecular weight is 257 g/mol. The zero-order valence-electron chi connectivity index (χ0n) is 9.77. The lowest BCUT2D eigenvalue weighted by molar-refractivity contribution is -0.141. The molecule has 1 rings (SSSR count). The summed E-state index contributed by atoms with van der Waals surface area (Å²) < 4.78 is 3.72. The van der Waals surface area contributed by atoms with Gasteiger partial charge in [0.15, 0.2) is 0 Å². The molecular weight excluding hydrogens is 242 g/mol. The van der Waals surface area contributed by atoms with Gasteiger partial charge in [-0.25, -0.2) is 0 Å². The van der Waals surface area contributed by atoms with Crippen LogP contribution >= 0.6 is 11.5 Å². The third kappa shape index (κ3) is 3.77. The van der Waals surface area contributed by atoms with Crippen LogP contribution in [0.15, 0.2) is 0 Å². The molecule has 1 aromatic rings. The Kier molecular flexibility index (Phi) is 5.02. The fourth-order valence-corrected chi connectivity index (χ4v) is 1.89. The molecule has 0 aromatic carbocycles. The average Bonchev–Trinajstić information content (AvgIpc) is 2.76. The highest BCUT2D eigenvalue weighted by atomic mass is 32.1. The van der Waals surface area contributed by atoms with Crippen LogP contribution in [0.3, 0.4) is 0 Å². The molecule has 0 aliphatic heterocycles. The van der Waals surface area contributed by atoms with E-state index in [2.05, 4.69) is 14.9 Å². The minimum absolute atomic E-state index is 0.227. The molecule has 1 aromatic heterocycles. The summed E-state index contributed by atoms with van der Waals surface area (Å²) >= 11 is 1.06. The number of aliphatic carboxylic acids is 1. The normalized spacial score (nSPS) is 12.1. The molecule has 7 heteroatoms. The summed E-state index contributed by atoms with van der Waals surface area (Å²) in [6.45, 7) is 3.85. The van der Waals surface area contributed by atoms with E-state index in [-0.39, 0.29) is 5.91 Å². The van der Waals surface area contributed by atoms with E-state index in [0.717, 1.165) is 11.5 Å². The molecule has 0 bridgehead atoms. The number of carboxylic acids is 1. The maximum absolute atomic E-state index is 11.7. The van der Waals surface area contributed by atoms with Crippen LogP contribution in [0, 0.1) is 5.92 Å². The Labute approximate surface area is 103 Å². The van der Waals surface area contributed by atoms with E-state index < -0.39 is 11.9 Å². The van der Waals surface area contributed by atoms with Crippen molar-refractivity contribution in [2.24, 2.45) is 5.92 Å². The van der Waals surface area contributed by atoms with Gasteiger partial charge < -0.3 is 10.4 Å². The fraction of sp³-hybridized carbons (Fsp3) is 0.600. The Hall–Kier alpha value is -1.50. The summed E-state index contributed by atoms with van der Waals surface area (Å²) in [5, 5.41) is 15.2. The molecule has 1 atom stereocenters. The molecule has 1 unspecified atom stereocenters. The first-order valence-corrected chi connectivity index (χ1v) is 6.15. The van der Waals surface area contributed by atoms with Crippen molar-refractivity contribution in [2.45, 2.75) is 26.7 Å². The van der Waals surface area contributed by atoms with Crippen LogP contribution in [0.4, 0.5) is 0 Å². The van der Waals surface area contributed by atoms with E-state index in [1.54, 1.807) is 6.92 Å². The van der Waals surface area contributed by atoms with Crippen molar-refractivity contribution in [3.8, 4) is 0 Å². The van der Waals surface area contributed by atoms with E-state index >= 15 is 0 Å². The second kappa shape index (κ2) is 6.29. The molecule has 94 valence electrons. The van der Waals surface area contributed by atoms with Gasteiger partial charge in [-0.05, 0) is 24.4 Å². The van der Waals surface area contributed by atoms with Gasteiger partial charge in [-0.3, -0.25) is 9.59 Å². The van der Waals surface area contributed by atoms with Crippen LogP contribution in [0.5, 0.6) is 0 Å². The van der Waals surface area contributed by atoms with Crippen LogP contribution in [-0.2, 0) is 11.2 Å².